The van der Waals surface area contributed by atoms with Gasteiger partial charge in [0.2, 0.25) is 0 Å². The number of carbonyl (C=O) groups is 1. The van der Waals surface area contributed by atoms with Gasteiger partial charge in [-0.25, -0.2) is 0 Å². The molecule has 1 amide bonds. The molecule has 2 aromatic rings. The Hall–Kier alpha value is -1.04. The summed E-state index contributed by atoms with van der Waals surface area (Å²) in [5.74, 6) is 0.269. The summed E-state index contributed by atoms with van der Waals surface area (Å²) in [7, 11) is 0. The maximum absolute atomic E-state index is 11.8. The zero-order chi connectivity index (χ0) is 12.8. The Kier molecular flexibility index (Phi) is 5.04. The molecule has 0 spiro atoms. The first-order valence-electron chi connectivity index (χ1n) is 6.14. The Morgan fingerprint density at radius 3 is 2.83 bits per heavy atom. The van der Waals surface area contributed by atoms with Crippen molar-refractivity contribution in [2.24, 2.45) is 0 Å². The van der Waals surface area contributed by atoms with E-state index in [-0.39, 0.29) is 5.91 Å². The average molecular weight is 357 g/mol. The van der Waals surface area contributed by atoms with Crippen LogP contribution in [0.1, 0.15) is 29.8 Å². The number of benzene rings is 1. The summed E-state index contributed by atoms with van der Waals surface area (Å²) in [6.07, 6.45) is 3.39. The van der Waals surface area contributed by atoms with E-state index in [2.05, 4.69) is 27.9 Å². The van der Waals surface area contributed by atoms with Gasteiger partial charge in [-0.15, -0.1) is 0 Å². The summed E-state index contributed by atoms with van der Waals surface area (Å²) in [6, 6.07) is 9.43. The summed E-state index contributed by atoms with van der Waals surface area (Å²) in [5.41, 5.74) is 0.757. The summed E-state index contributed by atoms with van der Waals surface area (Å²) >= 11 is 2.37. The molecular formula is C14H16INO2. The number of unbranched alkanes of at least 4 members (excludes halogenated alkanes) is 2. The molecule has 1 aromatic heterocycles. The molecule has 0 atom stereocenters. The lowest BCUT2D eigenvalue weighted by atomic mass is 10.2. The van der Waals surface area contributed by atoms with Crippen molar-refractivity contribution in [3.8, 4) is 0 Å². The van der Waals surface area contributed by atoms with E-state index in [1.54, 1.807) is 6.07 Å². The van der Waals surface area contributed by atoms with Gasteiger partial charge in [0.1, 0.15) is 5.58 Å². The molecular weight excluding hydrogens is 341 g/mol. The van der Waals surface area contributed by atoms with Crippen molar-refractivity contribution in [1.29, 1.82) is 0 Å². The van der Waals surface area contributed by atoms with Gasteiger partial charge in [0.15, 0.2) is 5.76 Å². The van der Waals surface area contributed by atoms with E-state index in [0.29, 0.717) is 12.3 Å². The van der Waals surface area contributed by atoms with Gasteiger partial charge in [0, 0.05) is 11.9 Å². The SMILES string of the molecule is O=C(NCCCCCI)c1cc2ccccc2o1. The number of fused-ring (bicyclic) bond motifs is 1. The van der Waals surface area contributed by atoms with E-state index in [1.807, 2.05) is 24.3 Å². The van der Waals surface area contributed by atoms with Gasteiger partial charge in [-0.1, -0.05) is 47.2 Å². The summed E-state index contributed by atoms with van der Waals surface area (Å²) < 4.78 is 6.67. The third kappa shape index (κ3) is 3.48. The highest BCUT2D eigenvalue weighted by Crippen LogP contribution is 2.18. The van der Waals surface area contributed by atoms with Gasteiger partial charge in [-0.05, 0) is 29.4 Å². The third-order valence-corrected chi connectivity index (χ3v) is 3.51. The number of hydrogen-bond acceptors (Lipinski definition) is 2. The quantitative estimate of drug-likeness (QED) is 0.486. The van der Waals surface area contributed by atoms with Crippen molar-refractivity contribution in [1.82, 2.24) is 5.32 Å². The molecule has 4 heteroatoms. The molecule has 1 heterocycles. The minimum absolute atomic E-state index is 0.124. The molecule has 2 rings (SSSR count). The van der Waals surface area contributed by atoms with Crippen molar-refractivity contribution in [3.05, 3.63) is 36.1 Å². The minimum Gasteiger partial charge on any atom is -0.451 e. The Morgan fingerprint density at radius 1 is 1.22 bits per heavy atom. The number of furan rings is 1. The lowest BCUT2D eigenvalue weighted by molar-refractivity contribution is 0.0927. The maximum atomic E-state index is 11.8. The van der Waals surface area contributed by atoms with Crippen molar-refractivity contribution < 1.29 is 9.21 Å². The van der Waals surface area contributed by atoms with Crippen LogP contribution in [0, 0.1) is 0 Å². The highest BCUT2D eigenvalue weighted by Gasteiger charge is 2.10. The van der Waals surface area contributed by atoms with E-state index >= 15 is 0 Å². The standard InChI is InChI=1S/C14H16INO2/c15-8-4-1-5-9-16-14(17)13-10-11-6-2-3-7-12(11)18-13/h2-3,6-7,10H,1,4-5,8-9H2,(H,16,17). The molecule has 0 saturated carbocycles. The number of hydrogen-bond donors (Lipinski definition) is 1. The second-order valence-corrected chi connectivity index (χ2v) is 5.23. The Morgan fingerprint density at radius 2 is 2.06 bits per heavy atom. The number of amides is 1. The molecule has 96 valence electrons. The third-order valence-electron chi connectivity index (χ3n) is 2.75. The topological polar surface area (TPSA) is 42.2 Å². The first-order valence-corrected chi connectivity index (χ1v) is 7.66. The fourth-order valence-electron chi connectivity index (χ4n) is 1.78. The van der Waals surface area contributed by atoms with E-state index in [4.69, 9.17) is 4.42 Å². The fraction of sp³-hybridized carbons (Fsp3) is 0.357. The van der Waals surface area contributed by atoms with E-state index < -0.39 is 0 Å². The minimum atomic E-state index is -0.124. The number of alkyl halides is 1. The van der Waals surface area contributed by atoms with Gasteiger partial charge in [0.05, 0.1) is 0 Å². The highest BCUT2D eigenvalue weighted by molar-refractivity contribution is 14.1. The van der Waals surface area contributed by atoms with Crippen LogP contribution in [-0.2, 0) is 0 Å². The number of rotatable bonds is 6. The van der Waals surface area contributed by atoms with Gasteiger partial charge in [-0.2, -0.15) is 0 Å². The molecule has 0 aliphatic rings. The van der Waals surface area contributed by atoms with E-state index in [1.165, 1.54) is 10.8 Å². The largest absolute Gasteiger partial charge is 0.451 e. The van der Waals surface area contributed by atoms with Crippen LogP contribution >= 0.6 is 22.6 Å². The predicted octanol–water partition coefficient (Wildman–Crippen LogP) is 3.77. The molecule has 0 radical (unpaired) electrons. The first kappa shape index (κ1) is 13.4. The van der Waals surface area contributed by atoms with Gasteiger partial charge >= 0.3 is 0 Å². The molecule has 0 fully saturated rings. The summed E-state index contributed by atoms with van der Waals surface area (Å²) in [5, 5.41) is 3.85. The van der Waals surface area contributed by atoms with Crippen LogP contribution in [0.2, 0.25) is 0 Å². The number of nitrogens with one attached hydrogen (secondary N) is 1. The fourth-order valence-corrected chi connectivity index (χ4v) is 2.32. The van der Waals surface area contributed by atoms with Gasteiger partial charge in [-0.3, -0.25) is 4.79 Å². The Labute approximate surface area is 120 Å². The maximum Gasteiger partial charge on any atom is 0.287 e. The van der Waals surface area contributed by atoms with Gasteiger partial charge < -0.3 is 9.73 Å². The molecule has 18 heavy (non-hydrogen) atoms. The van der Waals surface area contributed by atoms with Crippen LogP contribution < -0.4 is 5.32 Å². The van der Waals surface area contributed by atoms with Crippen LogP contribution in [0.5, 0.6) is 0 Å². The highest BCUT2D eigenvalue weighted by atomic mass is 127. The van der Waals surface area contributed by atoms with Gasteiger partial charge in [0.25, 0.3) is 5.91 Å². The first-order chi connectivity index (χ1) is 8.81. The molecule has 3 nitrogen and oxygen atoms in total. The number of carbonyl (C=O) groups excluding carboxylic acids is 1. The molecule has 0 aliphatic carbocycles. The zero-order valence-electron chi connectivity index (χ0n) is 10.1. The van der Waals surface area contributed by atoms with Crippen LogP contribution in [0.3, 0.4) is 0 Å². The lowest BCUT2D eigenvalue weighted by Crippen LogP contribution is -2.23. The summed E-state index contributed by atoms with van der Waals surface area (Å²) in [4.78, 5) is 11.8. The van der Waals surface area contributed by atoms with E-state index in [0.717, 1.165) is 23.8 Å². The normalized spacial score (nSPS) is 10.7. The predicted molar refractivity (Wildman–Crippen MR) is 81.3 cm³/mol. The van der Waals surface area contributed by atoms with Crippen LogP contribution in [0.15, 0.2) is 34.7 Å². The van der Waals surface area contributed by atoms with Crippen molar-refractivity contribution in [3.63, 3.8) is 0 Å². The lowest BCUT2D eigenvalue weighted by Gasteiger charge is -2.01. The average Bonchev–Trinajstić information content (AvgIpc) is 2.82. The number of halogens is 1. The van der Waals surface area contributed by atoms with Crippen LogP contribution in [0.25, 0.3) is 11.0 Å². The van der Waals surface area contributed by atoms with Crippen LogP contribution in [0.4, 0.5) is 0 Å². The monoisotopic (exact) mass is 357 g/mol. The molecule has 1 aromatic carbocycles. The van der Waals surface area contributed by atoms with Crippen molar-refractivity contribution in [2.75, 3.05) is 11.0 Å². The molecule has 0 bridgehead atoms. The van der Waals surface area contributed by atoms with Crippen LogP contribution in [-0.4, -0.2) is 16.9 Å². The summed E-state index contributed by atoms with van der Waals surface area (Å²) in [6.45, 7) is 0.715. The smallest absolute Gasteiger partial charge is 0.287 e. The molecule has 0 unspecified atom stereocenters. The molecule has 1 N–H and O–H groups in total. The number of para-hydroxylation sites is 1. The zero-order valence-corrected chi connectivity index (χ0v) is 12.3. The van der Waals surface area contributed by atoms with Crippen molar-refractivity contribution in [2.45, 2.75) is 19.3 Å². The Balaban J connectivity index is 1.88. The Bertz CT molecular complexity index is 488. The second-order valence-electron chi connectivity index (χ2n) is 4.15. The van der Waals surface area contributed by atoms with Crippen molar-refractivity contribution >= 4 is 39.5 Å². The molecule has 0 aliphatic heterocycles. The second kappa shape index (κ2) is 6.78. The molecule has 0 saturated heterocycles. The van der Waals surface area contributed by atoms with E-state index in [9.17, 15) is 4.79 Å².